The second-order valence-electron chi connectivity index (χ2n) is 4.95. The second-order valence-corrected chi connectivity index (χ2v) is 4.95. The normalized spacial score (nSPS) is 50.5. The molecule has 0 aliphatic heterocycles. The van der Waals surface area contributed by atoms with Gasteiger partial charge in [0.2, 0.25) is 0 Å². The van der Waals surface area contributed by atoms with Crippen LogP contribution in [-0.2, 0) is 0 Å². The van der Waals surface area contributed by atoms with Gasteiger partial charge in [-0.1, -0.05) is 12.8 Å². The Morgan fingerprint density at radius 2 is 2.00 bits per heavy atom. The van der Waals surface area contributed by atoms with E-state index in [4.69, 9.17) is 0 Å². The van der Waals surface area contributed by atoms with Gasteiger partial charge in [-0.05, 0) is 45.1 Å². The zero-order valence-corrected chi connectivity index (χ0v) is 8.71. The minimum atomic E-state index is -0.122. The number of likely N-dealkylation sites (N-methyl/N-ethyl adjacent to an activating group) is 1. The van der Waals surface area contributed by atoms with Crippen molar-refractivity contribution < 1.29 is 5.11 Å². The van der Waals surface area contributed by atoms with Gasteiger partial charge in [-0.3, -0.25) is 0 Å². The maximum absolute atomic E-state index is 10.2. The van der Waals surface area contributed by atoms with Crippen LogP contribution < -0.4 is 5.32 Å². The lowest BCUT2D eigenvalue weighted by Gasteiger charge is -2.36. The molecule has 0 aromatic heterocycles. The summed E-state index contributed by atoms with van der Waals surface area (Å²) in [5.74, 6) is 1.25. The van der Waals surface area contributed by atoms with Crippen molar-refractivity contribution in [2.75, 3.05) is 7.05 Å². The van der Waals surface area contributed by atoms with Crippen molar-refractivity contribution >= 4 is 0 Å². The fourth-order valence-corrected chi connectivity index (χ4v) is 3.31. The summed E-state index contributed by atoms with van der Waals surface area (Å²) in [6.07, 6.45) is 6.31. The van der Waals surface area contributed by atoms with E-state index in [0.717, 1.165) is 0 Å². The molecule has 0 aromatic rings. The van der Waals surface area contributed by atoms with Gasteiger partial charge in [0.15, 0.2) is 0 Å². The second kappa shape index (κ2) is 3.25. The number of nitrogens with one attached hydrogen (secondary N) is 1. The molecule has 2 fully saturated rings. The van der Waals surface area contributed by atoms with Gasteiger partial charge in [-0.15, -0.1) is 0 Å². The van der Waals surface area contributed by atoms with Crippen LogP contribution >= 0.6 is 0 Å². The molecule has 2 aliphatic carbocycles. The summed E-state index contributed by atoms with van der Waals surface area (Å²) in [4.78, 5) is 0. The Labute approximate surface area is 80.7 Å². The molecule has 4 unspecified atom stereocenters. The van der Waals surface area contributed by atoms with E-state index in [-0.39, 0.29) is 11.6 Å². The van der Waals surface area contributed by atoms with E-state index in [1.165, 1.54) is 32.1 Å². The molecule has 0 aromatic carbocycles. The van der Waals surface area contributed by atoms with Gasteiger partial charge in [0.05, 0.1) is 6.10 Å². The molecule has 2 heteroatoms. The van der Waals surface area contributed by atoms with Crippen LogP contribution in [0, 0.1) is 11.8 Å². The third kappa shape index (κ3) is 1.31. The van der Waals surface area contributed by atoms with Crippen LogP contribution in [0.2, 0.25) is 0 Å². The van der Waals surface area contributed by atoms with Crippen molar-refractivity contribution in [3.8, 4) is 0 Å². The predicted octanol–water partition coefficient (Wildman–Crippen LogP) is 1.54. The summed E-state index contributed by atoms with van der Waals surface area (Å²) >= 11 is 0. The third-order valence-corrected chi connectivity index (χ3v) is 4.41. The lowest BCUT2D eigenvalue weighted by atomic mass is 9.82. The summed E-state index contributed by atoms with van der Waals surface area (Å²) in [5, 5.41) is 13.5. The summed E-state index contributed by atoms with van der Waals surface area (Å²) in [7, 11) is 1.99. The van der Waals surface area contributed by atoms with Crippen LogP contribution in [0.15, 0.2) is 0 Å². The van der Waals surface area contributed by atoms with E-state index < -0.39 is 0 Å². The Morgan fingerprint density at radius 3 is 2.69 bits per heavy atom. The lowest BCUT2D eigenvalue weighted by molar-refractivity contribution is 0.0436. The van der Waals surface area contributed by atoms with Crippen molar-refractivity contribution in [2.45, 2.75) is 50.7 Å². The van der Waals surface area contributed by atoms with Gasteiger partial charge >= 0.3 is 0 Å². The maximum Gasteiger partial charge on any atom is 0.0749 e. The van der Waals surface area contributed by atoms with Gasteiger partial charge in [0.25, 0.3) is 0 Å². The molecule has 4 atom stereocenters. The number of fused-ring (bicyclic) bond motifs is 2. The molecule has 76 valence electrons. The highest BCUT2D eigenvalue weighted by atomic mass is 16.3. The number of aliphatic hydroxyl groups is 1. The quantitative estimate of drug-likeness (QED) is 0.646. The highest BCUT2D eigenvalue weighted by molar-refractivity contribution is 5.06. The first-order chi connectivity index (χ1) is 6.18. The molecule has 2 nitrogen and oxygen atoms in total. The van der Waals surface area contributed by atoms with Gasteiger partial charge in [-0.25, -0.2) is 0 Å². The molecule has 0 heterocycles. The standard InChI is InChI=1S/C11H21NO/c1-11(12-2)9-6-4-3-5-8(7-9)10(11)13/h8-10,12-13H,3-7H2,1-2H3. The molecule has 2 bridgehead atoms. The molecule has 0 amide bonds. The van der Waals surface area contributed by atoms with Crippen LogP contribution in [0.4, 0.5) is 0 Å². The third-order valence-electron chi connectivity index (χ3n) is 4.41. The summed E-state index contributed by atoms with van der Waals surface area (Å²) < 4.78 is 0. The zero-order valence-electron chi connectivity index (χ0n) is 8.71. The van der Waals surface area contributed by atoms with Crippen molar-refractivity contribution in [1.82, 2.24) is 5.32 Å². The van der Waals surface area contributed by atoms with E-state index >= 15 is 0 Å². The van der Waals surface area contributed by atoms with Crippen LogP contribution in [0.3, 0.4) is 0 Å². The van der Waals surface area contributed by atoms with Crippen LogP contribution in [0.5, 0.6) is 0 Å². The minimum Gasteiger partial charge on any atom is -0.391 e. The smallest absolute Gasteiger partial charge is 0.0749 e. The topological polar surface area (TPSA) is 32.3 Å². The van der Waals surface area contributed by atoms with Crippen molar-refractivity contribution in [2.24, 2.45) is 11.8 Å². The zero-order chi connectivity index (χ0) is 9.47. The molecular formula is C11H21NO. The number of hydrogen-bond donors (Lipinski definition) is 2. The molecule has 0 spiro atoms. The summed E-state index contributed by atoms with van der Waals surface area (Å²) in [6.45, 7) is 2.19. The first-order valence-corrected chi connectivity index (χ1v) is 5.55. The van der Waals surface area contributed by atoms with E-state index in [1.54, 1.807) is 0 Å². The van der Waals surface area contributed by atoms with Crippen molar-refractivity contribution in [1.29, 1.82) is 0 Å². The Balaban J connectivity index is 2.21. The molecule has 2 N–H and O–H groups in total. The fraction of sp³-hybridized carbons (Fsp3) is 1.00. The van der Waals surface area contributed by atoms with Gasteiger partial charge in [-0.2, -0.15) is 0 Å². The summed E-state index contributed by atoms with van der Waals surface area (Å²) in [5.41, 5.74) is -0.00884. The SMILES string of the molecule is CNC1(C)C2CCCCC(C2)C1O. The van der Waals surface area contributed by atoms with Crippen molar-refractivity contribution in [3.05, 3.63) is 0 Å². The first kappa shape index (κ1) is 9.47. The number of rotatable bonds is 1. The molecule has 2 rings (SSSR count). The maximum atomic E-state index is 10.2. The largest absolute Gasteiger partial charge is 0.391 e. The minimum absolute atomic E-state index is 0.00884. The van der Waals surface area contributed by atoms with E-state index in [2.05, 4.69) is 12.2 Å². The highest BCUT2D eigenvalue weighted by Gasteiger charge is 2.50. The Bertz CT molecular complexity index is 195. The first-order valence-electron chi connectivity index (χ1n) is 5.55. The summed E-state index contributed by atoms with van der Waals surface area (Å²) in [6, 6.07) is 0. The average Bonchev–Trinajstić information content (AvgIpc) is 2.38. The molecule has 13 heavy (non-hydrogen) atoms. The van der Waals surface area contributed by atoms with E-state index in [1.807, 2.05) is 7.05 Å². The van der Waals surface area contributed by atoms with E-state index in [9.17, 15) is 5.11 Å². The van der Waals surface area contributed by atoms with Gasteiger partial charge < -0.3 is 10.4 Å². The molecule has 2 aliphatic rings. The van der Waals surface area contributed by atoms with Crippen molar-refractivity contribution in [3.63, 3.8) is 0 Å². The highest BCUT2D eigenvalue weighted by Crippen LogP contribution is 2.46. The Kier molecular flexibility index (Phi) is 2.37. The predicted molar refractivity (Wildman–Crippen MR) is 53.5 cm³/mol. The fourth-order valence-electron chi connectivity index (χ4n) is 3.31. The van der Waals surface area contributed by atoms with Crippen LogP contribution in [0.1, 0.15) is 39.0 Å². The number of hydrogen-bond acceptors (Lipinski definition) is 2. The average molecular weight is 183 g/mol. The van der Waals surface area contributed by atoms with E-state index in [0.29, 0.717) is 11.8 Å². The molecule has 2 saturated carbocycles. The van der Waals surface area contributed by atoms with Gasteiger partial charge in [0, 0.05) is 5.54 Å². The number of aliphatic hydroxyl groups excluding tert-OH is 1. The molecule has 0 radical (unpaired) electrons. The lowest BCUT2D eigenvalue weighted by Crippen LogP contribution is -2.52. The molecule has 0 saturated heterocycles. The van der Waals surface area contributed by atoms with Gasteiger partial charge in [0.1, 0.15) is 0 Å². The Morgan fingerprint density at radius 1 is 1.31 bits per heavy atom. The monoisotopic (exact) mass is 183 g/mol. The van der Waals surface area contributed by atoms with Crippen LogP contribution in [-0.4, -0.2) is 23.8 Å². The van der Waals surface area contributed by atoms with Crippen LogP contribution in [0.25, 0.3) is 0 Å². The Hall–Kier alpha value is -0.0800. The molecular weight excluding hydrogens is 162 g/mol.